The molecule has 2 heterocycles. The molecule has 0 fully saturated rings. The van der Waals surface area contributed by atoms with E-state index < -0.39 is 0 Å². The number of aromatic nitrogens is 3. The van der Waals surface area contributed by atoms with Crippen molar-refractivity contribution in [1.82, 2.24) is 14.4 Å². The first-order valence-corrected chi connectivity index (χ1v) is 6.63. The van der Waals surface area contributed by atoms with Gasteiger partial charge in [0, 0.05) is 25.5 Å². The Labute approximate surface area is 112 Å². The maximum atomic E-state index is 5.64. The maximum absolute atomic E-state index is 5.64. The molecule has 0 aliphatic rings. The summed E-state index contributed by atoms with van der Waals surface area (Å²) in [6.07, 6.45) is 6.57. The minimum atomic E-state index is 0.473. The number of anilines is 1. The summed E-state index contributed by atoms with van der Waals surface area (Å²) in [5.41, 5.74) is 0.721. The molecule has 6 nitrogen and oxygen atoms in total. The number of hydrogen-bond acceptors (Lipinski definition) is 5. The van der Waals surface area contributed by atoms with Gasteiger partial charge in [0.05, 0.1) is 12.8 Å². The van der Waals surface area contributed by atoms with Crippen LogP contribution in [0.4, 0.5) is 5.82 Å². The van der Waals surface area contributed by atoms with Crippen molar-refractivity contribution in [3.63, 3.8) is 0 Å². The van der Waals surface area contributed by atoms with Crippen molar-refractivity contribution < 1.29 is 9.47 Å². The Balaban J connectivity index is 2.12. The van der Waals surface area contributed by atoms with Crippen molar-refractivity contribution in [2.75, 3.05) is 31.7 Å². The third kappa shape index (κ3) is 3.57. The van der Waals surface area contributed by atoms with E-state index in [0.717, 1.165) is 24.4 Å². The smallest absolute Gasteiger partial charge is 0.260 e. The molecule has 0 atom stereocenters. The van der Waals surface area contributed by atoms with E-state index in [2.05, 4.69) is 22.2 Å². The molecule has 0 bridgehead atoms. The molecule has 0 aliphatic carbocycles. The van der Waals surface area contributed by atoms with E-state index in [9.17, 15) is 0 Å². The molecule has 104 valence electrons. The monoisotopic (exact) mass is 264 g/mol. The summed E-state index contributed by atoms with van der Waals surface area (Å²) in [4.78, 5) is 8.68. The van der Waals surface area contributed by atoms with Gasteiger partial charge in [-0.25, -0.2) is 4.98 Å². The molecule has 0 saturated heterocycles. The molecule has 1 N–H and O–H groups in total. The van der Waals surface area contributed by atoms with Crippen molar-refractivity contribution in [2.45, 2.75) is 20.3 Å². The molecular weight excluding hydrogens is 244 g/mol. The zero-order chi connectivity index (χ0) is 13.5. The SMILES string of the molecule is CCCNc1cn2ccnc2c(OCCOCC)n1. The number of nitrogens with one attached hydrogen (secondary N) is 1. The lowest BCUT2D eigenvalue weighted by Gasteiger charge is -2.10. The van der Waals surface area contributed by atoms with Crippen LogP contribution in [0.3, 0.4) is 0 Å². The van der Waals surface area contributed by atoms with Crippen LogP contribution >= 0.6 is 0 Å². The highest BCUT2D eigenvalue weighted by Gasteiger charge is 2.08. The summed E-state index contributed by atoms with van der Waals surface area (Å²) in [5, 5.41) is 3.25. The fourth-order valence-electron chi connectivity index (χ4n) is 1.68. The molecule has 2 aromatic rings. The molecule has 6 heteroatoms. The highest BCUT2D eigenvalue weighted by Crippen LogP contribution is 2.18. The van der Waals surface area contributed by atoms with Crippen LogP contribution in [0.15, 0.2) is 18.6 Å². The van der Waals surface area contributed by atoms with Crippen molar-refractivity contribution in [3.05, 3.63) is 18.6 Å². The van der Waals surface area contributed by atoms with Crippen LogP contribution in [0.5, 0.6) is 5.88 Å². The first-order valence-electron chi connectivity index (χ1n) is 6.63. The lowest BCUT2D eigenvalue weighted by Crippen LogP contribution is -2.10. The number of rotatable bonds is 8. The third-order valence-corrected chi connectivity index (χ3v) is 2.57. The summed E-state index contributed by atoms with van der Waals surface area (Å²) in [5.74, 6) is 1.32. The van der Waals surface area contributed by atoms with E-state index in [0.29, 0.717) is 25.7 Å². The van der Waals surface area contributed by atoms with Crippen molar-refractivity contribution in [3.8, 4) is 5.88 Å². The molecule has 0 unspecified atom stereocenters. The largest absolute Gasteiger partial charge is 0.473 e. The van der Waals surface area contributed by atoms with E-state index >= 15 is 0 Å². The van der Waals surface area contributed by atoms with Crippen LogP contribution in [0.2, 0.25) is 0 Å². The topological polar surface area (TPSA) is 60.7 Å². The second kappa shape index (κ2) is 6.94. The van der Waals surface area contributed by atoms with Crippen LogP contribution in [-0.2, 0) is 4.74 Å². The predicted molar refractivity (Wildman–Crippen MR) is 73.8 cm³/mol. The van der Waals surface area contributed by atoms with Gasteiger partial charge in [0.1, 0.15) is 12.4 Å². The van der Waals surface area contributed by atoms with E-state index in [1.165, 1.54) is 0 Å². The molecule has 0 aliphatic heterocycles. The molecule has 0 amide bonds. The number of nitrogens with zero attached hydrogens (tertiary/aromatic N) is 3. The third-order valence-electron chi connectivity index (χ3n) is 2.57. The van der Waals surface area contributed by atoms with Gasteiger partial charge in [-0.05, 0) is 13.3 Å². The van der Waals surface area contributed by atoms with Gasteiger partial charge in [-0.3, -0.25) is 4.40 Å². The minimum absolute atomic E-state index is 0.473. The molecule has 0 saturated carbocycles. The summed E-state index contributed by atoms with van der Waals surface area (Å²) in [6.45, 7) is 6.67. The summed E-state index contributed by atoms with van der Waals surface area (Å²) < 4.78 is 12.8. The summed E-state index contributed by atoms with van der Waals surface area (Å²) in [7, 11) is 0. The van der Waals surface area contributed by atoms with E-state index in [4.69, 9.17) is 9.47 Å². The van der Waals surface area contributed by atoms with Crippen molar-refractivity contribution >= 4 is 11.5 Å². The van der Waals surface area contributed by atoms with Gasteiger partial charge in [-0.1, -0.05) is 6.92 Å². The van der Waals surface area contributed by atoms with Gasteiger partial charge < -0.3 is 14.8 Å². The number of hydrogen-bond donors (Lipinski definition) is 1. The van der Waals surface area contributed by atoms with Gasteiger partial charge >= 0.3 is 0 Å². The molecule has 0 aromatic carbocycles. The van der Waals surface area contributed by atoms with Crippen LogP contribution in [0, 0.1) is 0 Å². The highest BCUT2D eigenvalue weighted by molar-refractivity contribution is 5.53. The Hall–Kier alpha value is -1.82. The van der Waals surface area contributed by atoms with Crippen LogP contribution in [-0.4, -0.2) is 40.7 Å². The quantitative estimate of drug-likeness (QED) is 0.739. The summed E-state index contributed by atoms with van der Waals surface area (Å²) in [6, 6.07) is 0. The Morgan fingerprint density at radius 1 is 1.32 bits per heavy atom. The number of fused-ring (bicyclic) bond motifs is 1. The Morgan fingerprint density at radius 2 is 2.21 bits per heavy atom. The molecule has 19 heavy (non-hydrogen) atoms. The van der Waals surface area contributed by atoms with Crippen molar-refractivity contribution in [1.29, 1.82) is 0 Å². The number of ether oxygens (including phenoxy) is 2. The lowest BCUT2D eigenvalue weighted by molar-refractivity contribution is 0.109. The Morgan fingerprint density at radius 3 is 3.00 bits per heavy atom. The maximum Gasteiger partial charge on any atom is 0.260 e. The van der Waals surface area contributed by atoms with Crippen molar-refractivity contribution in [2.24, 2.45) is 0 Å². The fraction of sp³-hybridized carbons (Fsp3) is 0.538. The second-order valence-corrected chi connectivity index (χ2v) is 4.06. The molecule has 0 spiro atoms. The fourth-order valence-corrected chi connectivity index (χ4v) is 1.68. The Kier molecular flexibility index (Phi) is 4.97. The first kappa shape index (κ1) is 13.6. The molecule has 2 aromatic heterocycles. The van der Waals surface area contributed by atoms with Crippen LogP contribution < -0.4 is 10.1 Å². The van der Waals surface area contributed by atoms with Crippen LogP contribution in [0.25, 0.3) is 5.65 Å². The molecule has 2 rings (SSSR count). The molecular formula is C13H20N4O2. The van der Waals surface area contributed by atoms with Gasteiger partial charge in [-0.15, -0.1) is 0 Å². The summed E-state index contributed by atoms with van der Waals surface area (Å²) >= 11 is 0. The molecule has 0 radical (unpaired) electrons. The Bertz CT molecular complexity index is 512. The number of imidazole rings is 1. The average Bonchev–Trinajstić information content (AvgIpc) is 2.89. The zero-order valence-corrected chi connectivity index (χ0v) is 11.4. The standard InChI is InChI=1S/C13H20N4O2/c1-3-5-14-11-10-17-7-6-15-12(17)13(16-11)19-9-8-18-4-2/h6-7,10,14H,3-5,8-9H2,1-2H3. The lowest BCUT2D eigenvalue weighted by atomic mass is 10.5. The zero-order valence-electron chi connectivity index (χ0n) is 11.4. The van der Waals surface area contributed by atoms with Gasteiger partial charge in [0.2, 0.25) is 5.65 Å². The van der Waals surface area contributed by atoms with Crippen LogP contribution in [0.1, 0.15) is 20.3 Å². The van der Waals surface area contributed by atoms with Gasteiger partial charge in [0.15, 0.2) is 0 Å². The van der Waals surface area contributed by atoms with E-state index in [1.54, 1.807) is 6.20 Å². The second-order valence-electron chi connectivity index (χ2n) is 4.06. The predicted octanol–water partition coefficient (Wildman–Crippen LogP) is 1.97. The first-order chi connectivity index (χ1) is 9.35. The van der Waals surface area contributed by atoms with Gasteiger partial charge in [0.25, 0.3) is 5.88 Å². The van der Waals surface area contributed by atoms with Gasteiger partial charge in [-0.2, -0.15) is 4.98 Å². The normalized spacial score (nSPS) is 10.8. The van der Waals surface area contributed by atoms with E-state index in [1.807, 2.05) is 23.7 Å². The minimum Gasteiger partial charge on any atom is -0.473 e. The highest BCUT2D eigenvalue weighted by atomic mass is 16.5. The average molecular weight is 264 g/mol. The van der Waals surface area contributed by atoms with E-state index in [-0.39, 0.29) is 0 Å².